The molecule has 0 fully saturated rings. The fourth-order valence-corrected chi connectivity index (χ4v) is 3.86. The van der Waals surface area contributed by atoms with Gasteiger partial charge >= 0.3 is 16.2 Å². The number of ether oxygens (including phenoxy) is 1. The Morgan fingerprint density at radius 2 is 1.69 bits per heavy atom. The number of carbonyl (C=O) groups is 1. The normalized spacial score (nSPS) is 11.9. The zero-order chi connectivity index (χ0) is 21.7. The standard InChI is InChI=1S/C21H26BrNO5S/c1-16-11-13-18(14-12-16)29(25,26)28-23(20(24)27-21(2,3)4)15-7-9-17-8-5-6-10-19(17)22/h5-6,8,10-14H,7,9,15H2,1-4H3. The Kier molecular flexibility index (Phi) is 7.85. The van der Waals surface area contributed by atoms with Crippen LogP contribution in [0.2, 0.25) is 0 Å². The smallest absolute Gasteiger partial charge is 0.435 e. The molecule has 6 nitrogen and oxygen atoms in total. The molecule has 8 heteroatoms. The van der Waals surface area contributed by atoms with Gasteiger partial charge in [0.2, 0.25) is 0 Å². The second kappa shape index (κ2) is 9.73. The van der Waals surface area contributed by atoms with Crippen LogP contribution in [-0.2, 0) is 25.6 Å². The molecule has 158 valence electrons. The van der Waals surface area contributed by atoms with Crippen molar-refractivity contribution in [2.75, 3.05) is 6.54 Å². The third-order valence-corrected chi connectivity index (χ3v) is 5.86. The Morgan fingerprint density at radius 1 is 1.07 bits per heavy atom. The number of carbonyl (C=O) groups excluding carboxylic acids is 1. The predicted octanol–water partition coefficient (Wildman–Crippen LogP) is 5.25. The zero-order valence-corrected chi connectivity index (χ0v) is 19.4. The lowest BCUT2D eigenvalue weighted by molar-refractivity contribution is -0.0688. The molecule has 0 aromatic heterocycles. The van der Waals surface area contributed by atoms with Gasteiger partial charge in [-0.3, -0.25) is 0 Å². The molecule has 0 aliphatic rings. The Hall–Kier alpha value is -1.90. The van der Waals surface area contributed by atoms with E-state index < -0.39 is 21.8 Å². The minimum Gasteiger partial charge on any atom is -0.442 e. The maximum absolute atomic E-state index is 12.6. The summed E-state index contributed by atoms with van der Waals surface area (Å²) in [4.78, 5) is 12.5. The molecular formula is C21H26BrNO5S. The molecular weight excluding hydrogens is 458 g/mol. The number of aryl methyl sites for hydroxylation is 2. The molecule has 2 rings (SSSR count). The van der Waals surface area contributed by atoms with E-state index in [2.05, 4.69) is 15.9 Å². The predicted molar refractivity (Wildman–Crippen MR) is 115 cm³/mol. The van der Waals surface area contributed by atoms with Crippen LogP contribution in [0.1, 0.15) is 38.3 Å². The SMILES string of the molecule is Cc1ccc(S(=O)(=O)ON(CCCc2ccccc2Br)C(=O)OC(C)(C)C)cc1. The van der Waals surface area contributed by atoms with Crippen LogP contribution >= 0.6 is 15.9 Å². The van der Waals surface area contributed by atoms with E-state index in [1.165, 1.54) is 12.1 Å². The quantitative estimate of drug-likeness (QED) is 0.502. The van der Waals surface area contributed by atoms with Crippen molar-refractivity contribution in [2.45, 2.75) is 51.0 Å². The average Bonchev–Trinajstić information content (AvgIpc) is 2.61. The fourth-order valence-electron chi connectivity index (χ4n) is 2.45. The first-order valence-corrected chi connectivity index (χ1v) is 11.4. The van der Waals surface area contributed by atoms with Crippen LogP contribution in [0.15, 0.2) is 57.9 Å². The van der Waals surface area contributed by atoms with Crippen LogP contribution < -0.4 is 0 Å². The molecule has 0 aliphatic carbocycles. The lowest BCUT2D eigenvalue weighted by Gasteiger charge is -2.26. The van der Waals surface area contributed by atoms with E-state index in [0.717, 1.165) is 20.7 Å². The molecule has 29 heavy (non-hydrogen) atoms. The Bertz CT molecular complexity index is 936. The van der Waals surface area contributed by atoms with Crippen LogP contribution in [0, 0.1) is 6.92 Å². The van der Waals surface area contributed by atoms with Crippen LogP contribution in [0.25, 0.3) is 0 Å². The number of hydrogen-bond acceptors (Lipinski definition) is 5. The van der Waals surface area contributed by atoms with E-state index >= 15 is 0 Å². The summed E-state index contributed by atoms with van der Waals surface area (Å²) >= 11 is 3.49. The van der Waals surface area contributed by atoms with E-state index in [1.54, 1.807) is 32.9 Å². The largest absolute Gasteiger partial charge is 0.442 e. The molecule has 2 aromatic carbocycles. The summed E-state index contributed by atoms with van der Waals surface area (Å²) in [6, 6.07) is 14.0. The fraction of sp³-hybridized carbons (Fsp3) is 0.381. The van der Waals surface area contributed by atoms with Crippen molar-refractivity contribution in [1.29, 1.82) is 0 Å². The first-order chi connectivity index (χ1) is 13.5. The zero-order valence-electron chi connectivity index (χ0n) is 17.0. The molecule has 0 heterocycles. The van der Waals surface area contributed by atoms with E-state index in [0.29, 0.717) is 12.8 Å². The van der Waals surface area contributed by atoms with E-state index in [1.807, 2.05) is 31.2 Å². The van der Waals surface area contributed by atoms with Crippen molar-refractivity contribution in [3.8, 4) is 0 Å². The van der Waals surface area contributed by atoms with E-state index in [9.17, 15) is 13.2 Å². The minimum atomic E-state index is -4.16. The third-order valence-electron chi connectivity index (χ3n) is 3.86. The van der Waals surface area contributed by atoms with Gasteiger partial charge in [-0.2, -0.15) is 13.5 Å². The summed E-state index contributed by atoms with van der Waals surface area (Å²) in [5, 5.41) is 0.775. The monoisotopic (exact) mass is 483 g/mol. The molecule has 0 radical (unpaired) electrons. The summed E-state index contributed by atoms with van der Waals surface area (Å²) in [5.74, 6) is 0. The Morgan fingerprint density at radius 3 is 2.28 bits per heavy atom. The van der Waals surface area contributed by atoms with Crippen molar-refractivity contribution in [1.82, 2.24) is 5.06 Å². The van der Waals surface area contributed by atoms with Crippen LogP contribution in [0.5, 0.6) is 0 Å². The minimum absolute atomic E-state index is 0.0255. The van der Waals surface area contributed by atoms with Gasteiger partial charge in [0.1, 0.15) is 5.60 Å². The number of nitrogens with zero attached hydrogens (tertiary/aromatic N) is 1. The number of rotatable bonds is 7. The highest BCUT2D eigenvalue weighted by molar-refractivity contribution is 9.10. The van der Waals surface area contributed by atoms with Crippen LogP contribution in [-0.4, -0.2) is 31.7 Å². The molecule has 0 aliphatic heterocycles. The Labute approximate surface area is 181 Å². The number of benzene rings is 2. The summed E-state index contributed by atoms with van der Waals surface area (Å²) in [5.41, 5.74) is 1.19. The van der Waals surface area contributed by atoms with Gasteiger partial charge in [-0.05, 0) is 64.3 Å². The highest BCUT2D eigenvalue weighted by Crippen LogP contribution is 2.20. The van der Waals surface area contributed by atoms with E-state index in [-0.39, 0.29) is 11.4 Å². The lowest BCUT2D eigenvalue weighted by atomic mass is 10.1. The van der Waals surface area contributed by atoms with Crippen molar-refractivity contribution in [2.24, 2.45) is 0 Å². The van der Waals surface area contributed by atoms with Gasteiger partial charge in [0.25, 0.3) is 0 Å². The second-order valence-electron chi connectivity index (χ2n) is 7.62. The van der Waals surface area contributed by atoms with Gasteiger partial charge in [-0.25, -0.2) is 4.79 Å². The number of amides is 1. The topological polar surface area (TPSA) is 72.9 Å². The first kappa shape index (κ1) is 23.4. The maximum Gasteiger partial charge on any atom is 0.435 e. The number of halogens is 1. The van der Waals surface area contributed by atoms with Crippen molar-refractivity contribution >= 4 is 32.1 Å². The number of hydrogen-bond donors (Lipinski definition) is 0. The maximum atomic E-state index is 12.6. The molecule has 0 atom stereocenters. The van der Waals surface area contributed by atoms with Gasteiger partial charge in [-0.1, -0.05) is 51.8 Å². The van der Waals surface area contributed by atoms with Gasteiger partial charge in [0, 0.05) is 4.47 Å². The summed E-state index contributed by atoms with van der Waals surface area (Å²) in [6.45, 7) is 7.03. The first-order valence-electron chi connectivity index (χ1n) is 9.23. The van der Waals surface area contributed by atoms with Gasteiger partial charge < -0.3 is 4.74 Å². The van der Waals surface area contributed by atoms with Crippen molar-refractivity contribution in [3.63, 3.8) is 0 Å². The molecule has 2 aromatic rings. The van der Waals surface area contributed by atoms with E-state index in [4.69, 9.17) is 9.02 Å². The summed E-state index contributed by atoms with van der Waals surface area (Å²) in [6.07, 6.45) is 0.278. The van der Waals surface area contributed by atoms with Gasteiger partial charge in [0.15, 0.2) is 0 Å². The van der Waals surface area contributed by atoms with Crippen molar-refractivity contribution in [3.05, 3.63) is 64.1 Å². The van der Waals surface area contributed by atoms with Gasteiger partial charge in [0.05, 0.1) is 11.4 Å². The molecule has 0 unspecified atom stereocenters. The molecule has 0 saturated carbocycles. The second-order valence-corrected chi connectivity index (χ2v) is 10.0. The van der Waals surface area contributed by atoms with Crippen molar-refractivity contribution < 1.29 is 22.2 Å². The summed E-state index contributed by atoms with van der Waals surface area (Å²) < 4.78 is 36.7. The number of hydroxylamine groups is 2. The molecule has 0 spiro atoms. The molecule has 1 amide bonds. The third kappa shape index (κ3) is 7.45. The Balaban J connectivity index is 2.14. The van der Waals surface area contributed by atoms with Crippen LogP contribution in [0.3, 0.4) is 0 Å². The highest BCUT2D eigenvalue weighted by Gasteiger charge is 2.28. The highest BCUT2D eigenvalue weighted by atomic mass is 79.9. The molecule has 0 saturated heterocycles. The lowest BCUT2D eigenvalue weighted by Crippen LogP contribution is -2.39. The molecule has 0 N–H and O–H groups in total. The average molecular weight is 484 g/mol. The van der Waals surface area contributed by atoms with Gasteiger partial charge in [-0.15, -0.1) is 4.28 Å². The molecule has 0 bridgehead atoms. The summed E-state index contributed by atoms with van der Waals surface area (Å²) in [7, 11) is -4.16. The van der Waals surface area contributed by atoms with Crippen LogP contribution in [0.4, 0.5) is 4.79 Å².